The normalized spacial score (nSPS) is 15.8. The first kappa shape index (κ1) is 25.4. The van der Waals surface area contributed by atoms with Crippen LogP contribution < -0.4 is 10.4 Å². The van der Waals surface area contributed by atoms with Crippen LogP contribution in [0.2, 0.25) is 0 Å². The van der Waals surface area contributed by atoms with Crippen molar-refractivity contribution in [2.75, 3.05) is 39.8 Å². The largest absolute Gasteiger partial charge is 0.493 e. The Bertz CT molecular complexity index is 1600. The summed E-state index contributed by atoms with van der Waals surface area (Å²) in [5, 5.41) is 8.04. The fourth-order valence-corrected chi connectivity index (χ4v) is 5.96. The molecule has 0 radical (unpaired) electrons. The number of nitrogens with one attached hydrogen (secondary N) is 1. The van der Waals surface area contributed by atoms with Gasteiger partial charge in [0.2, 0.25) is 10.0 Å². The minimum absolute atomic E-state index is 0.170. The average Bonchev–Trinajstić information content (AvgIpc) is 3.53. The number of H-pyrrole nitrogens is 1. The number of hydrogen-bond acceptors (Lipinski definition) is 8. The van der Waals surface area contributed by atoms with Crippen molar-refractivity contribution >= 4 is 26.8 Å². The summed E-state index contributed by atoms with van der Waals surface area (Å²) in [7, 11) is -1.73. The highest BCUT2D eigenvalue weighted by Crippen LogP contribution is 2.33. The fourth-order valence-electron chi connectivity index (χ4n) is 4.51. The molecule has 4 heterocycles. The molecule has 4 aromatic rings. The summed E-state index contributed by atoms with van der Waals surface area (Å²) >= 11 is 0. The molecule has 1 saturated heterocycles. The van der Waals surface area contributed by atoms with Crippen LogP contribution in [0.3, 0.4) is 0 Å². The van der Waals surface area contributed by atoms with Crippen molar-refractivity contribution in [3.05, 3.63) is 35.0 Å². The molecule has 0 saturated carbocycles. The molecule has 1 aliphatic heterocycles. The summed E-state index contributed by atoms with van der Waals surface area (Å²) < 4.78 is 37.5. The molecular weight excluding hydrogens is 496 g/mol. The zero-order chi connectivity index (χ0) is 26.3. The van der Waals surface area contributed by atoms with E-state index >= 15 is 0 Å². The number of aromatic amines is 1. The Kier molecular flexibility index (Phi) is 6.77. The van der Waals surface area contributed by atoms with Gasteiger partial charge in [0, 0.05) is 32.7 Å². The summed E-state index contributed by atoms with van der Waals surface area (Å²) in [6, 6.07) is 4.85. The number of hydrogen-bond donors (Lipinski definition) is 1. The maximum Gasteiger partial charge on any atom is 0.336 e. The lowest BCUT2D eigenvalue weighted by atomic mass is 10.2. The van der Waals surface area contributed by atoms with Crippen LogP contribution in [0.15, 0.2) is 34.2 Å². The first-order valence-corrected chi connectivity index (χ1v) is 13.9. The molecule has 37 heavy (non-hydrogen) atoms. The number of imidazole rings is 1. The number of benzene rings is 1. The van der Waals surface area contributed by atoms with Crippen LogP contribution in [0.25, 0.3) is 28.2 Å². The number of rotatable bonds is 8. The predicted octanol–water partition coefficient (Wildman–Crippen LogP) is 1.82. The van der Waals surface area contributed by atoms with Crippen LogP contribution in [0.1, 0.15) is 27.2 Å². The summed E-state index contributed by atoms with van der Waals surface area (Å²) in [6.07, 6.45) is 2.17. The Morgan fingerprint density at radius 1 is 1.14 bits per heavy atom. The molecule has 0 spiro atoms. The van der Waals surface area contributed by atoms with Crippen molar-refractivity contribution in [2.24, 2.45) is 5.92 Å². The van der Waals surface area contributed by atoms with Gasteiger partial charge in [-0.3, -0.25) is 4.57 Å². The van der Waals surface area contributed by atoms with Crippen molar-refractivity contribution < 1.29 is 13.2 Å². The number of likely N-dealkylation sites (N-methyl/N-ethyl adjacent to an activating group) is 1. The minimum Gasteiger partial charge on any atom is -0.493 e. The molecule has 12 nitrogen and oxygen atoms in total. The number of aromatic nitrogens is 6. The third kappa shape index (κ3) is 4.62. The quantitative estimate of drug-likeness (QED) is 0.366. The second-order valence-corrected chi connectivity index (χ2v) is 11.7. The monoisotopic (exact) mass is 528 g/mol. The number of ether oxygens (including phenoxy) is 1. The summed E-state index contributed by atoms with van der Waals surface area (Å²) in [5.74, 6) is 1.09. The third-order valence-corrected chi connectivity index (χ3v) is 8.36. The van der Waals surface area contributed by atoms with Gasteiger partial charge < -0.3 is 14.6 Å². The lowest BCUT2D eigenvalue weighted by Crippen LogP contribution is -2.47. The highest BCUT2D eigenvalue weighted by molar-refractivity contribution is 7.89. The van der Waals surface area contributed by atoms with Crippen molar-refractivity contribution in [1.29, 1.82) is 0 Å². The number of nitrogens with zero attached hydrogens (tertiary/aromatic N) is 7. The van der Waals surface area contributed by atoms with Crippen LogP contribution in [-0.4, -0.2) is 86.6 Å². The van der Waals surface area contributed by atoms with Gasteiger partial charge in [0.05, 0.1) is 17.1 Å². The van der Waals surface area contributed by atoms with Gasteiger partial charge in [-0.25, -0.2) is 22.6 Å². The van der Waals surface area contributed by atoms with E-state index in [1.165, 1.54) is 15.0 Å². The molecular formula is C24H32N8O4S. The van der Waals surface area contributed by atoms with E-state index in [9.17, 15) is 13.2 Å². The molecule has 13 heteroatoms. The Balaban J connectivity index is 1.68. The second kappa shape index (κ2) is 9.88. The number of piperazine rings is 1. The van der Waals surface area contributed by atoms with Gasteiger partial charge in [-0.05, 0) is 37.6 Å². The van der Waals surface area contributed by atoms with Crippen molar-refractivity contribution in [1.82, 2.24) is 38.3 Å². The topological polar surface area (TPSA) is 131 Å². The Hall–Kier alpha value is -3.29. The molecule has 0 amide bonds. The van der Waals surface area contributed by atoms with E-state index in [2.05, 4.69) is 20.1 Å². The van der Waals surface area contributed by atoms with Crippen LogP contribution in [-0.2, 0) is 16.6 Å². The summed E-state index contributed by atoms with van der Waals surface area (Å²) in [6.45, 7) is 9.16. The van der Waals surface area contributed by atoms with E-state index in [0.717, 1.165) is 6.42 Å². The van der Waals surface area contributed by atoms with Crippen LogP contribution in [0.4, 0.5) is 0 Å². The van der Waals surface area contributed by atoms with Gasteiger partial charge in [0.15, 0.2) is 11.3 Å². The number of fused-ring (bicyclic) bond motifs is 3. The summed E-state index contributed by atoms with van der Waals surface area (Å²) in [5.41, 5.74) is 1.55. The molecule has 1 aromatic carbocycles. The van der Waals surface area contributed by atoms with Crippen molar-refractivity contribution in [3.63, 3.8) is 0 Å². The predicted molar refractivity (Wildman–Crippen MR) is 139 cm³/mol. The van der Waals surface area contributed by atoms with E-state index in [0.29, 0.717) is 73.3 Å². The maximum atomic E-state index is 13.5. The Morgan fingerprint density at radius 2 is 1.89 bits per heavy atom. The molecule has 1 N–H and O–H groups in total. The zero-order valence-corrected chi connectivity index (χ0v) is 22.3. The zero-order valence-electron chi connectivity index (χ0n) is 21.5. The molecule has 0 bridgehead atoms. The van der Waals surface area contributed by atoms with Gasteiger partial charge in [-0.2, -0.15) is 4.31 Å². The maximum absolute atomic E-state index is 13.5. The first-order valence-electron chi connectivity index (χ1n) is 12.5. The van der Waals surface area contributed by atoms with E-state index in [1.54, 1.807) is 22.8 Å². The van der Waals surface area contributed by atoms with Gasteiger partial charge in [0.1, 0.15) is 23.4 Å². The standard InChI is InChI=1S/C24H32N8O4S/c1-5-12-36-19-7-6-17(37(34,35)30-10-8-29(4)9-11-30)13-18(19)21-26-20-22(27-21)31(14-16(2)3)24(33)32-15-25-28-23(20)32/h6-7,13,15-16H,5,8-12,14H2,1-4H3,(H,26,27). The van der Waals surface area contributed by atoms with Gasteiger partial charge in [-0.1, -0.05) is 20.8 Å². The fraction of sp³-hybridized carbons (Fsp3) is 0.500. The van der Waals surface area contributed by atoms with E-state index in [1.807, 2.05) is 27.8 Å². The van der Waals surface area contributed by atoms with Gasteiger partial charge >= 0.3 is 5.69 Å². The Morgan fingerprint density at radius 3 is 2.59 bits per heavy atom. The first-order chi connectivity index (χ1) is 17.7. The van der Waals surface area contributed by atoms with Crippen LogP contribution in [0, 0.1) is 5.92 Å². The molecule has 1 fully saturated rings. The molecule has 1 aliphatic rings. The van der Waals surface area contributed by atoms with Crippen LogP contribution in [0.5, 0.6) is 5.75 Å². The highest BCUT2D eigenvalue weighted by Gasteiger charge is 2.29. The van der Waals surface area contributed by atoms with E-state index in [4.69, 9.17) is 9.72 Å². The van der Waals surface area contributed by atoms with E-state index < -0.39 is 10.0 Å². The van der Waals surface area contributed by atoms with E-state index in [-0.39, 0.29) is 16.5 Å². The van der Waals surface area contributed by atoms with Gasteiger partial charge in [-0.15, -0.1) is 10.2 Å². The lowest BCUT2D eigenvalue weighted by Gasteiger charge is -2.31. The molecule has 0 aliphatic carbocycles. The highest BCUT2D eigenvalue weighted by atomic mass is 32.2. The second-order valence-electron chi connectivity index (χ2n) is 9.81. The summed E-state index contributed by atoms with van der Waals surface area (Å²) in [4.78, 5) is 23.5. The third-order valence-electron chi connectivity index (χ3n) is 6.46. The average molecular weight is 529 g/mol. The SMILES string of the molecule is CCCOc1ccc(S(=O)(=O)N2CCN(C)CC2)cc1-c1nc2c([nH]1)c1nncn1c(=O)n2CC(C)C. The number of sulfonamides is 1. The minimum atomic E-state index is -3.71. The van der Waals surface area contributed by atoms with Crippen molar-refractivity contribution in [3.8, 4) is 17.1 Å². The molecule has 198 valence electrons. The molecule has 0 atom stereocenters. The van der Waals surface area contributed by atoms with Gasteiger partial charge in [0.25, 0.3) is 0 Å². The van der Waals surface area contributed by atoms with Crippen molar-refractivity contribution in [2.45, 2.75) is 38.6 Å². The van der Waals surface area contributed by atoms with Crippen LogP contribution >= 0.6 is 0 Å². The smallest absolute Gasteiger partial charge is 0.336 e. The molecule has 5 rings (SSSR count). The molecule has 3 aromatic heterocycles. The lowest BCUT2D eigenvalue weighted by molar-refractivity contribution is 0.222. The Labute approximate surface area is 214 Å². The molecule has 0 unspecified atom stereocenters.